The van der Waals surface area contributed by atoms with Crippen LogP contribution >= 0.6 is 0 Å². The summed E-state index contributed by atoms with van der Waals surface area (Å²) in [5.41, 5.74) is 2.73. The molecule has 0 aromatic carbocycles. The lowest BCUT2D eigenvalue weighted by Gasteiger charge is -2.25. The van der Waals surface area contributed by atoms with E-state index in [0.717, 1.165) is 13.0 Å². The minimum atomic E-state index is 0.644. The van der Waals surface area contributed by atoms with Crippen molar-refractivity contribution in [3.8, 4) is 0 Å². The predicted octanol–water partition coefficient (Wildman–Crippen LogP) is 3.67. The van der Waals surface area contributed by atoms with Gasteiger partial charge >= 0.3 is 0 Å². The smallest absolute Gasteiger partial charge is 0.0954 e. The summed E-state index contributed by atoms with van der Waals surface area (Å²) in [6.07, 6.45) is 3.49. The normalized spacial score (nSPS) is 23.2. The number of ether oxygens (including phenoxy) is 1. The summed E-state index contributed by atoms with van der Waals surface area (Å²) in [6, 6.07) is 0. The van der Waals surface area contributed by atoms with E-state index in [1.807, 2.05) is 6.92 Å². The lowest BCUT2D eigenvalue weighted by atomic mass is 9.85. The summed E-state index contributed by atoms with van der Waals surface area (Å²) in [4.78, 5) is 0. The van der Waals surface area contributed by atoms with E-state index in [1.54, 1.807) is 0 Å². The maximum Gasteiger partial charge on any atom is 0.0954 e. The molecule has 0 spiro atoms. The molecule has 1 rings (SSSR count). The molecule has 0 N–H and O–H groups in total. The van der Waals surface area contributed by atoms with Crippen LogP contribution in [0, 0.1) is 5.92 Å². The first-order valence-electron chi connectivity index (χ1n) is 5.12. The molecule has 0 aliphatic heterocycles. The summed E-state index contributed by atoms with van der Waals surface area (Å²) in [7, 11) is 0. The Morgan fingerprint density at radius 3 is 2.85 bits per heavy atom. The van der Waals surface area contributed by atoms with Gasteiger partial charge in [-0.3, -0.25) is 0 Å². The molecule has 0 radical (unpaired) electrons. The van der Waals surface area contributed by atoms with Gasteiger partial charge in [-0.05, 0) is 45.1 Å². The van der Waals surface area contributed by atoms with Gasteiger partial charge in [-0.15, -0.1) is 0 Å². The van der Waals surface area contributed by atoms with Gasteiger partial charge in [-0.25, -0.2) is 0 Å². The standard InChI is InChI=1S/C12H20O/c1-5-13-12-8-11(9(2)3)7-6-10(12)4/h11H,2,5-8H2,1,3-4H3. The van der Waals surface area contributed by atoms with Gasteiger partial charge in [0.1, 0.15) is 0 Å². The Bertz CT molecular complexity index is 225. The zero-order chi connectivity index (χ0) is 9.84. The molecule has 0 saturated carbocycles. The second kappa shape index (κ2) is 4.50. The average Bonchev–Trinajstić information content (AvgIpc) is 2.08. The molecule has 0 aromatic rings. The van der Waals surface area contributed by atoms with Gasteiger partial charge in [0.15, 0.2) is 0 Å². The van der Waals surface area contributed by atoms with Crippen LogP contribution in [0.5, 0.6) is 0 Å². The van der Waals surface area contributed by atoms with Gasteiger partial charge in [0.05, 0.1) is 12.4 Å². The van der Waals surface area contributed by atoms with Crippen LogP contribution in [0.4, 0.5) is 0 Å². The first-order valence-corrected chi connectivity index (χ1v) is 5.12. The van der Waals surface area contributed by atoms with Crippen LogP contribution in [0.15, 0.2) is 23.5 Å². The van der Waals surface area contributed by atoms with Gasteiger partial charge in [-0.1, -0.05) is 12.2 Å². The molecule has 0 heterocycles. The second-order valence-electron chi connectivity index (χ2n) is 3.92. The van der Waals surface area contributed by atoms with Crippen molar-refractivity contribution in [1.29, 1.82) is 0 Å². The van der Waals surface area contributed by atoms with Crippen LogP contribution < -0.4 is 0 Å². The third-order valence-corrected chi connectivity index (χ3v) is 2.79. The van der Waals surface area contributed by atoms with Gasteiger partial charge in [0.25, 0.3) is 0 Å². The molecule has 0 saturated heterocycles. The van der Waals surface area contributed by atoms with Crippen LogP contribution in [0.1, 0.15) is 40.0 Å². The first-order chi connectivity index (χ1) is 6.15. The van der Waals surface area contributed by atoms with Crippen molar-refractivity contribution < 1.29 is 4.74 Å². The number of hydrogen-bond acceptors (Lipinski definition) is 1. The van der Waals surface area contributed by atoms with E-state index >= 15 is 0 Å². The highest BCUT2D eigenvalue weighted by atomic mass is 16.5. The number of hydrogen-bond donors (Lipinski definition) is 0. The summed E-state index contributed by atoms with van der Waals surface area (Å²) in [5, 5.41) is 0. The fourth-order valence-electron chi connectivity index (χ4n) is 1.81. The Morgan fingerprint density at radius 2 is 2.31 bits per heavy atom. The highest BCUT2D eigenvalue weighted by Gasteiger charge is 2.19. The lowest BCUT2D eigenvalue weighted by molar-refractivity contribution is 0.196. The van der Waals surface area contributed by atoms with E-state index in [4.69, 9.17) is 4.74 Å². The van der Waals surface area contributed by atoms with Gasteiger partial charge < -0.3 is 4.74 Å². The topological polar surface area (TPSA) is 9.23 Å². The molecular weight excluding hydrogens is 160 g/mol. The van der Waals surface area contributed by atoms with Gasteiger partial charge in [0.2, 0.25) is 0 Å². The third kappa shape index (κ3) is 2.61. The highest BCUT2D eigenvalue weighted by molar-refractivity contribution is 5.15. The minimum absolute atomic E-state index is 0.644. The maximum absolute atomic E-state index is 5.61. The largest absolute Gasteiger partial charge is 0.498 e. The summed E-state index contributed by atoms with van der Waals surface area (Å²) < 4.78 is 5.61. The van der Waals surface area contributed by atoms with E-state index in [1.165, 1.54) is 29.7 Å². The molecule has 1 atom stereocenters. The highest BCUT2D eigenvalue weighted by Crippen LogP contribution is 2.33. The Labute approximate surface area is 81.5 Å². The average molecular weight is 180 g/mol. The Kier molecular flexibility index (Phi) is 3.58. The maximum atomic E-state index is 5.61. The van der Waals surface area contributed by atoms with Crippen molar-refractivity contribution in [3.05, 3.63) is 23.5 Å². The van der Waals surface area contributed by atoms with Crippen molar-refractivity contribution >= 4 is 0 Å². The van der Waals surface area contributed by atoms with Crippen LogP contribution in [-0.2, 0) is 4.74 Å². The molecule has 0 fully saturated rings. The van der Waals surface area contributed by atoms with E-state index < -0.39 is 0 Å². The molecule has 1 aliphatic rings. The minimum Gasteiger partial charge on any atom is -0.498 e. The van der Waals surface area contributed by atoms with Gasteiger partial charge in [0, 0.05) is 6.42 Å². The summed E-state index contributed by atoms with van der Waals surface area (Å²) in [5.74, 6) is 1.85. The monoisotopic (exact) mass is 180 g/mol. The van der Waals surface area contributed by atoms with Crippen molar-refractivity contribution in [3.63, 3.8) is 0 Å². The van der Waals surface area contributed by atoms with Crippen LogP contribution in [0.25, 0.3) is 0 Å². The number of allylic oxidation sites excluding steroid dienone is 3. The van der Waals surface area contributed by atoms with Crippen molar-refractivity contribution in [2.75, 3.05) is 6.61 Å². The molecule has 1 heteroatoms. The molecule has 74 valence electrons. The zero-order valence-electron chi connectivity index (χ0n) is 9.02. The summed E-state index contributed by atoms with van der Waals surface area (Å²) in [6.45, 7) is 11.2. The SMILES string of the molecule is C=C(C)C1CCC(C)=C(OCC)C1. The van der Waals surface area contributed by atoms with E-state index in [9.17, 15) is 0 Å². The first kappa shape index (κ1) is 10.4. The van der Waals surface area contributed by atoms with Crippen molar-refractivity contribution in [2.45, 2.75) is 40.0 Å². The van der Waals surface area contributed by atoms with Crippen molar-refractivity contribution in [2.24, 2.45) is 5.92 Å². The van der Waals surface area contributed by atoms with Crippen molar-refractivity contribution in [1.82, 2.24) is 0 Å². The number of rotatable bonds is 3. The zero-order valence-corrected chi connectivity index (χ0v) is 9.02. The predicted molar refractivity (Wildman–Crippen MR) is 56.5 cm³/mol. The molecule has 0 bridgehead atoms. The molecule has 13 heavy (non-hydrogen) atoms. The molecule has 0 aromatic heterocycles. The molecular formula is C12H20O. The van der Waals surface area contributed by atoms with Crippen LogP contribution in [0.2, 0.25) is 0 Å². The van der Waals surface area contributed by atoms with E-state index in [0.29, 0.717) is 5.92 Å². The van der Waals surface area contributed by atoms with E-state index in [-0.39, 0.29) is 0 Å². The van der Waals surface area contributed by atoms with Crippen LogP contribution in [0.3, 0.4) is 0 Å². The fraction of sp³-hybridized carbons (Fsp3) is 0.667. The fourth-order valence-corrected chi connectivity index (χ4v) is 1.81. The third-order valence-electron chi connectivity index (χ3n) is 2.79. The molecule has 1 unspecified atom stereocenters. The molecule has 0 amide bonds. The second-order valence-corrected chi connectivity index (χ2v) is 3.92. The Hall–Kier alpha value is -0.720. The Balaban J connectivity index is 2.64. The Morgan fingerprint density at radius 1 is 1.62 bits per heavy atom. The molecule has 1 aliphatic carbocycles. The molecule has 1 nitrogen and oxygen atoms in total. The summed E-state index contributed by atoms with van der Waals surface area (Å²) >= 11 is 0. The quantitative estimate of drug-likeness (QED) is 0.602. The lowest BCUT2D eigenvalue weighted by Crippen LogP contribution is -2.12. The van der Waals surface area contributed by atoms with E-state index in [2.05, 4.69) is 20.4 Å². The van der Waals surface area contributed by atoms with Gasteiger partial charge in [-0.2, -0.15) is 0 Å². The van der Waals surface area contributed by atoms with Crippen LogP contribution in [-0.4, -0.2) is 6.61 Å².